The van der Waals surface area contributed by atoms with Crippen molar-refractivity contribution in [3.63, 3.8) is 0 Å². The number of carbonyl (C=O) groups excluding carboxylic acids is 1. The van der Waals surface area contributed by atoms with Crippen molar-refractivity contribution in [2.45, 2.75) is 40.0 Å². The van der Waals surface area contributed by atoms with E-state index in [1.165, 1.54) is 19.3 Å². The van der Waals surface area contributed by atoms with Crippen molar-refractivity contribution in [1.29, 1.82) is 0 Å². The number of rotatable bonds is 3. The first-order chi connectivity index (χ1) is 8.56. The van der Waals surface area contributed by atoms with Crippen LogP contribution >= 0.6 is 0 Å². The van der Waals surface area contributed by atoms with Crippen molar-refractivity contribution in [2.75, 3.05) is 19.6 Å². The fourth-order valence-electron chi connectivity index (χ4n) is 2.78. The molecule has 0 bridgehead atoms. The molecule has 3 heteroatoms. The first-order valence-corrected chi connectivity index (χ1v) is 6.98. The minimum Gasteiger partial charge on any atom is -0.362 e. The quantitative estimate of drug-likeness (QED) is 0.835. The summed E-state index contributed by atoms with van der Waals surface area (Å²) in [4.78, 5) is 17.8. The minimum absolute atomic E-state index is 0.256. The van der Waals surface area contributed by atoms with Crippen molar-refractivity contribution in [3.8, 4) is 0 Å². The van der Waals surface area contributed by atoms with Crippen LogP contribution in [0.15, 0.2) is 6.07 Å². The Bertz CT molecular complexity index is 422. The summed E-state index contributed by atoms with van der Waals surface area (Å²) < 4.78 is 0. The van der Waals surface area contributed by atoms with Crippen molar-refractivity contribution < 1.29 is 4.79 Å². The number of hydrogen-bond acceptors (Lipinski definition) is 2. The van der Waals surface area contributed by atoms with Crippen LogP contribution < -0.4 is 0 Å². The van der Waals surface area contributed by atoms with Crippen LogP contribution in [0.2, 0.25) is 0 Å². The Kier molecular flexibility index (Phi) is 4.23. The largest absolute Gasteiger partial charge is 0.362 e. The Balaban J connectivity index is 1.96. The first-order valence-electron chi connectivity index (χ1n) is 6.98. The van der Waals surface area contributed by atoms with Crippen LogP contribution in [0.5, 0.6) is 0 Å². The van der Waals surface area contributed by atoms with E-state index in [0.29, 0.717) is 6.54 Å². The van der Waals surface area contributed by atoms with Gasteiger partial charge in [0.15, 0.2) is 5.78 Å². The summed E-state index contributed by atoms with van der Waals surface area (Å²) in [5.74, 6) is 1.06. The lowest BCUT2D eigenvalue weighted by atomic mass is 10.0. The lowest BCUT2D eigenvalue weighted by Crippen LogP contribution is -2.31. The molecule has 1 N–H and O–H groups in total. The van der Waals surface area contributed by atoms with Crippen LogP contribution in [0.3, 0.4) is 0 Å². The summed E-state index contributed by atoms with van der Waals surface area (Å²) in [5, 5.41) is 0. The molecule has 0 amide bonds. The first kappa shape index (κ1) is 13.3. The topological polar surface area (TPSA) is 36.1 Å². The molecule has 100 valence electrons. The molecule has 1 unspecified atom stereocenters. The third kappa shape index (κ3) is 3.22. The van der Waals surface area contributed by atoms with Crippen molar-refractivity contribution in [1.82, 2.24) is 9.88 Å². The van der Waals surface area contributed by atoms with Crippen LogP contribution in [0.1, 0.15) is 47.9 Å². The number of hydrogen-bond donors (Lipinski definition) is 1. The van der Waals surface area contributed by atoms with Crippen LogP contribution in [0.4, 0.5) is 0 Å². The molecule has 1 aliphatic rings. The molecular formula is C15H24N2O. The molecule has 0 aromatic carbocycles. The zero-order valence-corrected chi connectivity index (χ0v) is 11.8. The smallest absolute Gasteiger partial charge is 0.178 e. The SMILES string of the molecule is Cc1cc(C(=O)CN2CCCC(C)CC2)c(C)[nH]1. The average Bonchev–Trinajstić information content (AvgIpc) is 2.51. The maximum absolute atomic E-state index is 12.3. The molecule has 0 aliphatic carbocycles. The van der Waals surface area contributed by atoms with E-state index in [4.69, 9.17) is 0 Å². The Hall–Kier alpha value is -1.09. The summed E-state index contributed by atoms with van der Waals surface area (Å²) >= 11 is 0. The number of Topliss-reactive ketones (excluding diaryl/α,β-unsaturated/α-hetero) is 1. The second kappa shape index (κ2) is 5.70. The van der Waals surface area contributed by atoms with Crippen molar-refractivity contribution in [2.24, 2.45) is 5.92 Å². The number of aromatic amines is 1. The number of ketones is 1. The highest BCUT2D eigenvalue weighted by Crippen LogP contribution is 2.17. The van der Waals surface area contributed by atoms with Crippen molar-refractivity contribution >= 4 is 5.78 Å². The number of likely N-dealkylation sites (tertiary alicyclic amines) is 1. The van der Waals surface area contributed by atoms with E-state index >= 15 is 0 Å². The Labute approximate surface area is 110 Å². The van der Waals surface area contributed by atoms with Crippen LogP contribution in [0.25, 0.3) is 0 Å². The molecule has 1 aliphatic heterocycles. The number of H-pyrrole nitrogens is 1. The van der Waals surface area contributed by atoms with Gasteiger partial charge in [0.25, 0.3) is 0 Å². The molecule has 0 radical (unpaired) electrons. The molecule has 0 saturated carbocycles. The molecule has 3 nitrogen and oxygen atoms in total. The molecule has 2 heterocycles. The standard InChI is InChI=1S/C15H24N2O/c1-11-5-4-7-17(8-6-11)10-15(18)14-9-12(2)16-13(14)3/h9,11,16H,4-8,10H2,1-3H3. The predicted molar refractivity (Wildman–Crippen MR) is 74.1 cm³/mol. The molecule has 1 saturated heterocycles. The highest BCUT2D eigenvalue weighted by molar-refractivity contribution is 5.98. The van der Waals surface area contributed by atoms with E-state index in [0.717, 1.165) is 36.0 Å². The molecule has 1 atom stereocenters. The van der Waals surface area contributed by atoms with Gasteiger partial charge in [0.1, 0.15) is 0 Å². The van der Waals surface area contributed by atoms with Gasteiger partial charge >= 0.3 is 0 Å². The van der Waals surface area contributed by atoms with E-state index in [2.05, 4.69) is 16.8 Å². The monoisotopic (exact) mass is 248 g/mol. The predicted octanol–water partition coefficient (Wildman–Crippen LogP) is 2.94. The van der Waals surface area contributed by atoms with Gasteiger partial charge in [-0.15, -0.1) is 0 Å². The summed E-state index contributed by atoms with van der Waals surface area (Å²) in [5.41, 5.74) is 2.94. The molecular weight excluding hydrogens is 224 g/mol. The third-order valence-electron chi connectivity index (χ3n) is 3.93. The maximum Gasteiger partial charge on any atom is 0.178 e. The van der Waals surface area contributed by atoms with Crippen molar-refractivity contribution in [3.05, 3.63) is 23.0 Å². The van der Waals surface area contributed by atoms with E-state index in [1.807, 2.05) is 19.9 Å². The molecule has 18 heavy (non-hydrogen) atoms. The second-order valence-electron chi connectivity index (χ2n) is 5.73. The fourth-order valence-corrected chi connectivity index (χ4v) is 2.78. The zero-order chi connectivity index (χ0) is 13.1. The van der Waals surface area contributed by atoms with Gasteiger partial charge in [0.2, 0.25) is 0 Å². The second-order valence-corrected chi connectivity index (χ2v) is 5.73. The fraction of sp³-hybridized carbons (Fsp3) is 0.667. The van der Waals surface area contributed by atoms with Gasteiger partial charge in [-0.1, -0.05) is 6.92 Å². The minimum atomic E-state index is 0.256. The average molecular weight is 248 g/mol. The molecule has 1 aromatic rings. The van der Waals surface area contributed by atoms with Gasteiger partial charge in [-0.2, -0.15) is 0 Å². The van der Waals surface area contributed by atoms with Gasteiger partial charge < -0.3 is 4.98 Å². The van der Waals surface area contributed by atoms with E-state index in [-0.39, 0.29) is 5.78 Å². The van der Waals surface area contributed by atoms with Gasteiger partial charge in [0.05, 0.1) is 6.54 Å². The Morgan fingerprint density at radius 1 is 1.39 bits per heavy atom. The van der Waals surface area contributed by atoms with Crippen LogP contribution in [0, 0.1) is 19.8 Å². The summed E-state index contributed by atoms with van der Waals surface area (Å²) in [6.45, 7) is 8.99. The third-order valence-corrected chi connectivity index (χ3v) is 3.93. The van der Waals surface area contributed by atoms with Crippen LogP contribution in [-0.4, -0.2) is 35.3 Å². The van der Waals surface area contributed by atoms with Gasteiger partial charge in [-0.3, -0.25) is 9.69 Å². The zero-order valence-electron chi connectivity index (χ0n) is 11.8. The molecule has 1 aromatic heterocycles. The van der Waals surface area contributed by atoms with E-state index in [1.54, 1.807) is 0 Å². The number of aromatic nitrogens is 1. The normalized spacial score (nSPS) is 21.8. The number of nitrogens with one attached hydrogen (secondary N) is 1. The lowest BCUT2D eigenvalue weighted by molar-refractivity contribution is 0.0932. The van der Waals surface area contributed by atoms with Gasteiger partial charge in [0, 0.05) is 17.0 Å². The highest BCUT2D eigenvalue weighted by atomic mass is 16.1. The Morgan fingerprint density at radius 3 is 2.83 bits per heavy atom. The maximum atomic E-state index is 12.3. The molecule has 1 fully saturated rings. The molecule has 2 rings (SSSR count). The van der Waals surface area contributed by atoms with Gasteiger partial charge in [-0.25, -0.2) is 0 Å². The van der Waals surface area contributed by atoms with Gasteiger partial charge in [-0.05, 0) is 58.2 Å². The number of nitrogens with zero attached hydrogens (tertiary/aromatic N) is 1. The van der Waals surface area contributed by atoms with Crippen LogP contribution in [-0.2, 0) is 0 Å². The number of aryl methyl sites for hydroxylation is 2. The molecule has 0 spiro atoms. The van der Waals surface area contributed by atoms with E-state index < -0.39 is 0 Å². The Morgan fingerprint density at radius 2 is 2.17 bits per heavy atom. The number of carbonyl (C=O) groups is 1. The summed E-state index contributed by atoms with van der Waals surface area (Å²) in [7, 11) is 0. The lowest BCUT2D eigenvalue weighted by Gasteiger charge is -2.18. The summed E-state index contributed by atoms with van der Waals surface area (Å²) in [6, 6.07) is 1.97. The van der Waals surface area contributed by atoms with E-state index in [9.17, 15) is 4.79 Å². The summed E-state index contributed by atoms with van der Waals surface area (Å²) in [6.07, 6.45) is 3.74. The highest BCUT2D eigenvalue weighted by Gasteiger charge is 2.18.